The molecule has 3 heterocycles. The minimum absolute atomic E-state index is 0.201. The Hall–Kier alpha value is -0.680. The van der Waals surface area contributed by atoms with Gasteiger partial charge in [-0.15, -0.1) is 0 Å². The number of fused-ring (bicyclic) bond motifs is 1. The molecule has 0 unspecified atom stereocenters. The summed E-state index contributed by atoms with van der Waals surface area (Å²) in [7, 11) is 0. The normalized spacial score (nSPS) is 21.9. The molecule has 0 aromatic carbocycles. The Morgan fingerprint density at radius 3 is 2.80 bits per heavy atom. The van der Waals surface area contributed by atoms with Crippen LogP contribution in [0.25, 0.3) is 0 Å². The maximum absolute atomic E-state index is 12.0. The standard InChI is InChI=1S/C10H15N3OS/c14-10-8-5-11-6-9(8)12-13(10)7-1-3-15-4-2-7/h7,11-12H,1-6H2. The van der Waals surface area contributed by atoms with Crippen molar-refractivity contribution in [2.45, 2.75) is 32.0 Å². The lowest BCUT2D eigenvalue weighted by Crippen LogP contribution is -2.28. The van der Waals surface area contributed by atoms with Crippen LogP contribution in [0.2, 0.25) is 0 Å². The molecule has 1 aromatic heterocycles. The van der Waals surface area contributed by atoms with Crippen LogP contribution < -0.4 is 10.9 Å². The third-order valence-electron chi connectivity index (χ3n) is 3.26. The molecule has 1 fully saturated rings. The number of hydrogen-bond donors (Lipinski definition) is 2. The number of aromatic amines is 1. The smallest absolute Gasteiger partial charge is 0.271 e. The summed E-state index contributed by atoms with van der Waals surface area (Å²) in [5.41, 5.74) is 2.25. The minimum atomic E-state index is 0.201. The Morgan fingerprint density at radius 1 is 1.27 bits per heavy atom. The van der Waals surface area contributed by atoms with Gasteiger partial charge in [-0.1, -0.05) is 0 Å². The number of hydrogen-bond acceptors (Lipinski definition) is 3. The second kappa shape index (κ2) is 3.72. The third kappa shape index (κ3) is 1.54. The van der Waals surface area contributed by atoms with Gasteiger partial charge in [0.15, 0.2) is 0 Å². The lowest BCUT2D eigenvalue weighted by atomic mass is 10.1. The zero-order chi connectivity index (χ0) is 10.3. The summed E-state index contributed by atoms with van der Waals surface area (Å²) in [4.78, 5) is 12.0. The van der Waals surface area contributed by atoms with Crippen LogP contribution in [-0.4, -0.2) is 21.3 Å². The summed E-state index contributed by atoms with van der Waals surface area (Å²) in [6.45, 7) is 1.55. The van der Waals surface area contributed by atoms with Gasteiger partial charge in [0.05, 0.1) is 17.3 Å². The lowest BCUT2D eigenvalue weighted by Gasteiger charge is -2.21. The second-order valence-electron chi connectivity index (χ2n) is 4.19. The maximum Gasteiger partial charge on any atom is 0.271 e. The minimum Gasteiger partial charge on any atom is -0.307 e. The van der Waals surface area contributed by atoms with Gasteiger partial charge < -0.3 is 5.32 Å². The number of nitrogens with one attached hydrogen (secondary N) is 2. The molecule has 15 heavy (non-hydrogen) atoms. The zero-order valence-corrected chi connectivity index (χ0v) is 9.40. The van der Waals surface area contributed by atoms with Gasteiger partial charge in [0.2, 0.25) is 0 Å². The van der Waals surface area contributed by atoms with Crippen molar-refractivity contribution in [3.63, 3.8) is 0 Å². The van der Waals surface area contributed by atoms with E-state index in [1.54, 1.807) is 0 Å². The molecule has 0 saturated carbocycles. The van der Waals surface area contributed by atoms with E-state index in [0.29, 0.717) is 6.04 Å². The molecule has 2 aliphatic rings. The molecule has 1 aromatic rings. The van der Waals surface area contributed by atoms with Gasteiger partial charge in [-0.2, -0.15) is 11.8 Å². The van der Waals surface area contributed by atoms with Crippen LogP contribution in [-0.2, 0) is 13.1 Å². The molecule has 2 N–H and O–H groups in total. The number of nitrogens with zero attached hydrogens (tertiary/aromatic N) is 1. The van der Waals surface area contributed by atoms with Gasteiger partial charge in [-0.25, -0.2) is 4.68 Å². The molecule has 82 valence electrons. The van der Waals surface area contributed by atoms with E-state index in [-0.39, 0.29) is 5.56 Å². The predicted octanol–water partition coefficient (Wildman–Crippen LogP) is 0.848. The molecule has 0 spiro atoms. The fourth-order valence-electron chi connectivity index (χ4n) is 2.38. The maximum atomic E-state index is 12.0. The molecule has 3 rings (SSSR count). The molecule has 4 nitrogen and oxygen atoms in total. The number of thioether (sulfide) groups is 1. The lowest BCUT2D eigenvalue weighted by molar-refractivity contribution is 0.410. The molecule has 0 radical (unpaired) electrons. The first-order chi connectivity index (χ1) is 7.36. The summed E-state index contributed by atoms with van der Waals surface area (Å²) in [6.07, 6.45) is 2.24. The number of H-pyrrole nitrogens is 1. The van der Waals surface area contributed by atoms with Gasteiger partial charge in [0.25, 0.3) is 5.56 Å². The Bertz CT molecular complexity index is 417. The van der Waals surface area contributed by atoms with Crippen molar-refractivity contribution in [1.29, 1.82) is 0 Å². The average molecular weight is 225 g/mol. The van der Waals surface area contributed by atoms with Crippen molar-refractivity contribution in [3.05, 3.63) is 21.6 Å². The summed E-state index contributed by atoms with van der Waals surface area (Å²) in [6, 6.07) is 0.407. The predicted molar refractivity (Wildman–Crippen MR) is 61.2 cm³/mol. The molecular formula is C10H15N3OS. The topological polar surface area (TPSA) is 49.8 Å². The van der Waals surface area contributed by atoms with E-state index in [4.69, 9.17) is 0 Å². The van der Waals surface area contributed by atoms with Crippen LogP contribution in [0.3, 0.4) is 0 Å². The number of rotatable bonds is 1. The highest BCUT2D eigenvalue weighted by molar-refractivity contribution is 7.99. The van der Waals surface area contributed by atoms with Gasteiger partial charge in [0.1, 0.15) is 0 Å². The molecule has 5 heteroatoms. The van der Waals surface area contributed by atoms with Gasteiger partial charge in [0, 0.05) is 13.1 Å². The van der Waals surface area contributed by atoms with Crippen molar-refractivity contribution in [2.24, 2.45) is 0 Å². The van der Waals surface area contributed by atoms with Crippen LogP contribution in [0.15, 0.2) is 4.79 Å². The van der Waals surface area contributed by atoms with Crippen LogP contribution >= 0.6 is 11.8 Å². The Kier molecular flexibility index (Phi) is 2.36. The third-order valence-corrected chi connectivity index (χ3v) is 4.30. The summed E-state index contributed by atoms with van der Waals surface area (Å²) in [5.74, 6) is 2.36. The number of aromatic nitrogens is 2. The molecule has 1 saturated heterocycles. The van der Waals surface area contributed by atoms with E-state index >= 15 is 0 Å². The molecule has 0 bridgehead atoms. The molecule has 0 atom stereocenters. The molecule has 0 aliphatic carbocycles. The van der Waals surface area contributed by atoms with E-state index in [1.807, 2.05) is 16.4 Å². The fraction of sp³-hybridized carbons (Fsp3) is 0.700. The highest BCUT2D eigenvalue weighted by Crippen LogP contribution is 2.26. The van der Waals surface area contributed by atoms with Crippen LogP contribution in [0.5, 0.6) is 0 Å². The highest BCUT2D eigenvalue weighted by Gasteiger charge is 2.23. The first kappa shape index (κ1) is 9.54. The quantitative estimate of drug-likeness (QED) is 0.745. The van der Waals surface area contributed by atoms with E-state index in [9.17, 15) is 4.79 Å². The average Bonchev–Trinajstić information content (AvgIpc) is 2.83. The largest absolute Gasteiger partial charge is 0.307 e. The summed E-state index contributed by atoms with van der Waals surface area (Å²) < 4.78 is 1.87. The highest BCUT2D eigenvalue weighted by atomic mass is 32.2. The van der Waals surface area contributed by atoms with Gasteiger partial charge >= 0.3 is 0 Å². The van der Waals surface area contributed by atoms with Crippen LogP contribution in [0.1, 0.15) is 30.1 Å². The van der Waals surface area contributed by atoms with Crippen molar-refractivity contribution >= 4 is 11.8 Å². The van der Waals surface area contributed by atoms with Gasteiger partial charge in [-0.3, -0.25) is 9.89 Å². The van der Waals surface area contributed by atoms with Crippen molar-refractivity contribution in [3.8, 4) is 0 Å². The monoisotopic (exact) mass is 225 g/mol. The summed E-state index contributed by atoms with van der Waals surface area (Å²) >= 11 is 1.99. The first-order valence-electron chi connectivity index (χ1n) is 5.47. The van der Waals surface area contributed by atoms with E-state index in [0.717, 1.165) is 37.2 Å². The van der Waals surface area contributed by atoms with Crippen LogP contribution in [0, 0.1) is 0 Å². The zero-order valence-electron chi connectivity index (χ0n) is 8.58. The SMILES string of the molecule is O=c1c2c([nH]n1C1CCSCC1)CNC2. The first-order valence-corrected chi connectivity index (χ1v) is 6.62. The van der Waals surface area contributed by atoms with Crippen molar-refractivity contribution in [2.75, 3.05) is 11.5 Å². The van der Waals surface area contributed by atoms with Crippen molar-refractivity contribution < 1.29 is 0 Å². The Labute approximate surface area is 92.4 Å². The van der Waals surface area contributed by atoms with E-state index in [2.05, 4.69) is 10.4 Å². The van der Waals surface area contributed by atoms with Crippen molar-refractivity contribution in [1.82, 2.24) is 15.1 Å². The molecular weight excluding hydrogens is 210 g/mol. The summed E-state index contributed by atoms with van der Waals surface area (Å²) in [5, 5.41) is 6.45. The second-order valence-corrected chi connectivity index (χ2v) is 5.42. The molecule has 2 aliphatic heterocycles. The Balaban J connectivity index is 1.95. The Morgan fingerprint density at radius 2 is 2.07 bits per heavy atom. The fourth-order valence-corrected chi connectivity index (χ4v) is 3.46. The van der Waals surface area contributed by atoms with E-state index < -0.39 is 0 Å². The van der Waals surface area contributed by atoms with Gasteiger partial charge in [-0.05, 0) is 24.3 Å². The molecule has 0 amide bonds. The van der Waals surface area contributed by atoms with E-state index in [1.165, 1.54) is 11.5 Å². The van der Waals surface area contributed by atoms with Crippen LogP contribution in [0.4, 0.5) is 0 Å².